The third-order valence-corrected chi connectivity index (χ3v) is 7.39. The third kappa shape index (κ3) is 6.08. The van der Waals surface area contributed by atoms with Gasteiger partial charge in [0.2, 0.25) is 0 Å². The van der Waals surface area contributed by atoms with E-state index < -0.39 is 5.97 Å². The van der Waals surface area contributed by atoms with Crippen LogP contribution in [-0.4, -0.2) is 47.9 Å². The van der Waals surface area contributed by atoms with Crippen molar-refractivity contribution in [2.75, 3.05) is 31.4 Å². The SMILES string of the molecule is CCCCC1CN(c2ccc(F)cc2)c2cc(OC)c(CSCC(=O)O)cc2SN1C. The first-order valence-electron chi connectivity index (χ1n) is 10.4. The molecule has 1 aliphatic rings. The van der Waals surface area contributed by atoms with Crippen LogP contribution in [0.25, 0.3) is 0 Å². The summed E-state index contributed by atoms with van der Waals surface area (Å²) in [7, 11) is 3.75. The van der Waals surface area contributed by atoms with Gasteiger partial charge in [-0.3, -0.25) is 4.79 Å². The van der Waals surface area contributed by atoms with Crippen LogP contribution in [0.15, 0.2) is 41.3 Å². The van der Waals surface area contributed by atoms with E-state index in [2.05, 4.69) is 29.2 Å². The number of aliphatic carboxylic acids is 1. The van der Waals surface area contributed by atoms with Crippen molar-refractivity contribution in [2.45, 2.75) is 42.9 Å². The Labute approximate surface area is 192 Å². The zero-order valence-electron chi connectivity index (χ0n) is 18.1. The molecule has 5 nitrogen and oxygen atoms in total. The zero-order chi connectivity index (χ0) is 22.4. The topological polar surface area (TPSA) is 53.0 Å². The van der Waals surface area contributed by atoms with Crippen LogP contribution in [0, 0.1) is 5.82 Å². The van der Waals surface area contributed by atoms with E-state index in [1.54, 1.807) is 19.1 Å². The van der Waals surface area contributed by atoms with E-state index in [0.29, 0.717) is 11.8 Å². The minimum absolute atomic E-state index is 0.0497. The highest BCUT2D eigenvalue weighted by Crippen LogP contribution is 2.44. The second-order valence-corrected chi connectivity index (χ2v) is 9.72. The summed E-state index contributed by atoms with van der Waals surface area (Å²) in [5.41, 5.74) is 2.93. The molecule has 2 aromatic rings. The highest BCUT2D eigenvalue weighted by Gasteiger charge is 2.28. The fourth-order valence-corrected chi connectivity index (χ4v) is 5.47. The molecule has 31 heavy (non-hydrogen) atoms. The first-order chi connectivity index (χ1) is 14.9. The van der Waals surface area contributed by atoms with Gasteiger partial charge in [0.25, 0.3) is 0 Å². The molecule has 0 saturated heterocycles. The van der Waals surface area contributed by atoms with Crippen molar-refractivity contribution in [1.29, 1.82) is 0 Å². The lowest BCUT2D eigenvalue weighted by molar-refractivity contribution is -0.133. The van der Waals surface area contributed by atoms with Crippen LogP contribution in [0.3, 0.4) is 0 Å². The standard InChI is InChI=1S/C23H29FN2O3S2/c1-4-5-6-19-13-26(18-9-7-17(24)8-10-18)20-12-21(29-3)16(14-30-15-23(27)28)11-22(20)31-25(19)2/h7-12,19H,4-6,13-15H2,1-3H3,(H,27,28). The number of hydrogen-bond donors (Lipinski definition) is 1. The van der Waals surface area contributed by atoms with Crippen molar-refractivity contribution in [1.82, 2.24) is 4.31 Å². The fraction of sp³-hybridized carbons (Fsp3) is 0.435. The normalized spacial score (nSPS) is 16.6. The van der Waals surface area contributed by atoms with Crippen molar-refractivity contribution >= 4 is 41.1 Å². The van der Waals surface area contributed by atoms with Gasteiger partial charge in [-0.15, -0.1) is 11.8 Å². The molecule has 0 aromatic heterocycles. The van der Waals surface area contributed by atoms with Crippen LogP contribution in [0.1, 0.15) is 31.7 Å². The molecule has 1 N–H and O–H groups in total. The average Bonchev–Trinajstić information content (AvgIpc) is 2.87. The van der Waals surface area contributed by atoms with E-state index in [1.165, 1.54) is 23.9 Å². The highest BCUT2D eigenvalue weighted by molar-refractivity contribution is 7.99. The van der Waals surface area contributed by atoms with Crippen LogP contribution >= 0.6 is 23.7 Å². The number of benzene rings is 2. The fourth-order valence-electron chi connectivity index (χ4n) is 3.66. The van der Waals surface area contributed by atoms with E-state index in [4.69, 9.17) is 9.84 Å². The number of unbranched alkanes of at least 4 members (excludes halogenated alkanes) is 1. The van der Waals surface area contributed by atoms with E-state index >= 15 is 0 Å². The molecule has 0 fully saturated rings. The van der Waals surface area contributed by atoms with Gasteiger partial charge >= 0.3 is 5.97 Å². The van der Waals surface area contributed by atoms with E-state index in [-0.39, 0.29) is 11.6 Å². The van der Waals surface area contributed by atoms with Gasteiger partial charge < -0.3 is 14.7 Å². The highest BCUT2D eigenvalue weighted by atomic mass is 32.2. The van der Waals surface area contributed by atoms with Gasteiger partial charge in [-0.1, -0.05) is 19.8 Å². The molecule has 1 heterocycles. The van der Waals surface area contributed by atoms with Crippen LogP contribution in [-0.2, 0) is 10.5 Å². The van der Waals surface area contributed by atoms with Gasteiger partial charge in [0.05, 0.1) is 18.6 Å². The molecule has 168 valence electrons. The van der Waals surface area contributed by atoms with Crippen LogP contribution in [0.4, 0.5) is 15.8 Å². The smallest absolute Gasteiger partial charge is 0.313 e. The predicted octanol–water partition coefficient (Wildman–Crippen LogP) is 5.80. The van der Waals surface area contributed by atoms with Crippen LogP contribution in [0.5, 0.6) is 5.75 Å². The maximum absolute atomic E-state index is 13.6. The molecular weight excluding hydrogens is 435 g/mol. The van der Waals surface area contributed by atoms with Gasteiger partial charge in [0.1, 0.15) is 11.6 Å². The summed E-state index contributed by atoms with van der Waals surface area (Å²) in [5, 5.41) is 8.97. The number of anilines is 2. The lowest BCUT2D eigenvalue weighted by Gasteiger charge is -2.30. The van der Waals surface area contributed by atoms with Gasteiger partial charge in [-0.2, -0.15) is 0 Å². The third-order valence-electron chi connectivity index (χ3n) is 5.31. The number of rotatable bonds is 9. The maximum Gasteiger partial charge on any atom is 0.313 e. The number of hydrogen-bond acceptors (Lipinski definition) is 6. The number of halogens is 1. The van der Waals surface area contributed by atoms with Crippen molar-refractivity contribution in [3.8, 4) is 5.75 Å². The Morgan fingerprint density at radius 1 is 1.32 bits per heavy atom. The number of fused-ring (bicyclic) bond motifs is 1. The number of carbonyl (C=O) groups is 1. The van der Waals surface area contributed by atoms with E-state index in [1.807, 2.05) is 18.2 Å². The molecule has 2 aromatic carbocycles. The van der Waals surface area contributed by atoms with Crippen LogP contribution < -0.4 is 9.64 Å². The minimum atomic E-state index is -0.825. The number of carboxylic acids is 1. The second kappa shape index (κ2) is 11.1. The molecule has 0 saturated carbocycles. The molecule has 1 atom stereocenters. The van der Waals surface area contributed by atoms with Crippen molar-refractivity contribution < 1.29 is 19.0 Å². The lowest BCUT2D eigenvalue weighted by Crippen LogP contribution is -2.35. The number of thioether (sulfide) groups is 1. The minimum Gasteiger partial charge on any atom is -0.496 e. The monoisotopic (exact) mass is 464 g/mol. The van der Waals surface area contributed by atoms with E-state index in [9.17, 15) is 9.18 Å². The van der Waals surface area contributed by atoms with Gasteiger partial charge in [-0.25, -0.2) is 8.70 Å². The van der Waals surface area contributed by atoms with Crippen molar-refractivity contribution in [3.63, 3.8) is 0 Å². The summed E-state index contributed by atoms with van der Waals surface area (Å²) in [6.45, 7) is 2.99. The summed E-state index contributed by atoms with van der Waals surface area (Å²) in [6.07, 6.45) is 3.35. The molecule has 3 rings (SSSR count). The van der Waals surface area contributed by atoms with Gasteiger partial charge in [0, 0.05) is 40.6 Å². The average molecular weight is 465 g/mol. The molecule has 1 unspecified atom stereocenters. The molecule has 0 radical (unpaired) electrons. The number of likely N-dealkylation sites (N-methyl/N-ethyl adjacent to an activating group) is 1. The Kier molecular flexibility index (Phi) is 8.51. The molecule has 0 spiro atoms. The zero-order valence-corrected chi connectivity index (χ0v) is 19.8. The van der Waals surface area contributed by atoms with Gasteiger partial charge in [-0.05, 0) is 55.7 Å². The second-order valence-electron chi connectivity index (χ2n) is 7.54. The first-order valence-corrected chi connectivity index (χ1v) is 12.3. The van der Waals surface area contributed by atoms with Crippen LogP contribution in [0.2, 0.25) is 0 Å². The Morgan fingerprint density at radius 3 is 2.71 bits per heavy atom. The first kappa shape index (κ1) is 23.8. The summed E-state index contributed by atoms with van der Waals surface area (Å²) >= 11 is 3.06. The Hall–Kier alpha value is -1.90. The summed E-state index contributed by atoms with van der Waals surface area (Å²) in [5.74, 6) is 0.265. The van der Waals surface area contributed by atoms with Gasteiger partial charge in [0.15, 0.2) is 0 Å². The summed E-state index contributed by atoms with van der Waals surface area (Å²) < 4.78 is 21.6. The largest absolute Gasteiger partial charge is 0.496 e. The number of nitrogens with zero attached hydrogens (tertiary/aromatic N) is 2. The molecule has 0 bridgehead atoms. The maximum atomic E-state index is 13.6. The quantitative estimate of drug-likeness (QED) is 0.471. The Morgan fingerprint density at radius 2 is 2.06 bits per heavy atom. The molecule has 1 aliphatic heterocycles. The molecule has 0 amide bonds. The number of carboxylic acid groups (broad SMARTS) is 1. The molecule has 0 aliphatic carbocycles. The molecular formula is C23H29FN2O3S2. The van der Waals surface area contributed by atoms with Crippen molar-refractivity contribution in [3.05, 3.63) is 47.8 Å². The summed E-state index contributed by atoms with van der Waals surface area (Å²) in [6, 6.07) is 11.1. The van der Waals surface area contributed by atoms with Crippen molar-refractivity contribution in [2.24, 2.45) is 0 Å². The number of ether oxygens (including phenoxy) is 1. The predicted molar refractivity (Wildman–Crippen MR) is 127 cm³/mol. The number of methoxy groups -OCH3 is 1. The summed E-state index contributed by atoms with van der Waals surface area (Å²) in [4.78, 5) is 14.2. The Balaban J connectivity index is 2.01. The molecule has 8 heteroatoms. The lowest BCUT2D eigenvalue weighted by atomic mass is 10.1. The Bertz CT molecular complexity index is 895. The van der Waals surface area contributed by atoms with E-state index in [0.717, 1.165) is 53.4 Å².